The van der Waals surface area contributed by atoms with Crippen molar-refractivity contribution in [3.05, 3.63) is 93.8 Å². The van der Waals surface area contributed by atoms with Crippen LogP contribution in [0.3, 0.4) is 0 Å². The summed E-state index contributed by atoms with van der Waals surface area (Å²) in [6, 6.07) is 12.8. The van der Waals surface area contributed by atoms with E-state index in [4.69, 9.17) is 13.9 Å². The van der Waals surface area contributed by atoms with Crippen molar-refractivity contribution in [1.29, 1.82) is 0 Å². The molecule has 3 aromatic rings. The molecule has 184 valence electrons. The van der Waals surface area contributed by atoms with E-state index in [1.54, 1.807) is 42.5 Å². The molecule has 7 nitrogen and oxygen atoms in total. The fourth-order valence-corrected chi connectivity index (χ4v) is 4.32. The molecule has 2 N–H and O–H groups in total. The predicted molar refractivity (Wildman–Crippen MR) is 128 cm³/mol. The van der Waals surface area contributed by atoms with Gasteiger partial charge in [0, 0.05) is 37.2 Å². The third kappa shape index (κ3) is 5.61. The van der Waals surface area contributed by atoms with Gasteiger partial charge in [-0.1, -0.05) is 24.3 Å². The Morgan fingerprint density at radius 2 is 1.94 bits per heavy atom. The largest absolute Gasteiger partial charge is 0.464 e. The van der Waals surface area contributed by atoms with Gasteiger partial charge < -0.3 is 24.3 Å². The standard InChI is InChI=1S/C27H28FNO6/c1-2-33-27-19(7-5-13-30)21(22-16-34-23-8-4-3-6-20(23)25(22)31)14-24(35-27)26(32)29-15-17-9-11-18(28)12-10-17/h3-4,6,8-12,14,16,19,21,27,30H,2,5,7,13,15H2,1H3,(H,29,32)/t19-,21+,27-/m0/s1. The average Bonchev–Trinajstić information content (AvgIpc) is 2.87. The van der Waals surface area contributed by atoms with Gasteiger partial charge in [-0.05, 0) is 55.7 Å². The molecule has 0 saturated carbocycles. The second-order valence-corrected chi connectivity index (χ2v) is 8.35. The molecule has 0 saturated heterocycles. The van der Waals surface area contributed by atoms with Gasteiger partial charge >= 0.3 is 0 Å². The number of para-hydroxylation sites is 1. The van der Waals surface area contributed by atoms with Crippen LogP contribution in [-0.2, 0) is 20.8 Å². The van der Waals surface area contributed by atoms with Gasteiger partial charge in [0.25, 0.3) is 5.91 Å². The Morgan fingerprint density at radius 1 is 1.17 bits per heavy atom. The first kappa shape index (κ1) is 24.6. The van der Waals surface area contributed by atoms with Gasteiger partial charge in [0.15, 0.2) is 11.2 Å². The third-order valence-corrected chi connectivity index (χ3v) is 6.07. The topological polar surface area (TPSA) is 98.0 Å². The number of aliphatic hydroxyl groups excluding tert-OH is 1. The summed E-state index contributed by atoms with van der Waals surface area (Å²) in [4.78, 5) is 26.4. The second-order valence-electron chi connectivity index (χ2n) is 8.35. The van der Waals surface area contributed by atoms with Gasteiger partial charge in [-0.3, -0.25) is 9.59 Å². The van der Waals surface area contributed by atoms with Gasteiger partial charge in [-0.25, -0.2) is 4.39 Å². The zero-order chi connectivity index (χ0) is 24.8. The van der Waals surface area contributed by atoms with E-state index in [9.17, 15) is 19.1 Å². The smallest absolute Gasteiger partial charge is 0.286 e. The van der Waals surface area contributed by atoms with Gasteiger partial charge in [-0.15, -0.1) is 0 Å². The summed E-state index contributed by atoms with van der Waals surface area (Å²) in [5.41, 5.74) is 1.40. The van der Waals surface area contributed by atoms with E-state index < -0.39 is 18.1 Å². The molecule has 0 spiro atoms. The second kappa shape index (κ2) is 11.3. The van der Waals surface area contributed by atoms with Crippen LogP contribution in [0, 0.1) is 11.7 Å². The molecule has 35 heavy (non-hydrogen) atoms. The number of carbonyl (C=O) groups excluding carboxylic acids is 1. The van der Waals surface area contributed by atoms with Crippen molar-refractivity contribution in [3.8, 4) is 0 Å². The number of amides is 1. The number of carbonyl (C=O) groups is 1. The summed E-state index contributed by atoms with van der Waals surface area (Å²) >= 11 is 0. The number of hydrogen-bond acceptors (Lipinski definition) is 6. The average molecular weight is 482 g/mol. The number of ether oxygens (including phenoxy) is 2. The van der Waals surface area contributed by atoms with Crippen molar-refractivity contribution < 1.29 is 28.2 Å². The molecule has 0 radical (unpaired) electrons. The SMILES string of the molecule is CCO[C@H]1OC(C(=O)NCc2ccc(F)cc2)=C[C@@H](c2coc3ccccc3c2=O)[C@@H]1CCCO. The lowest BCUT2D eigenvalue weighted by atomic mass is 9.81. The van der Waals surface area contributed by atoms with Gasteiger partial charge in [0.1, 0.15) is 11.4 Å². The van der Waals surface area contributed by atoms with Crippen molar-refractivity contribution in [2.24, 2.45) is 5.92 Å². The lowest BCUT2D eigenvalue weighted by Gasteiger charge is -2.36. The molecule has 4 rings (SSSR count). The molecular weight excluding hydrogens is 453 g/mol. The van der Waals surface area contributed by atoms with Crippen molar-refractivity contribution in [2.45, 2.75) is 38.5 Å². The van der Waals surface area contributed by atoms with Crippen molar-refractivity contribution in [2.75, 3.05) is 13.2 Å². The summed E-state index contributed by atoms with van der Waals surface area (Å²) < 4.78 is 30.7. The van der Waals surface area contributed by atoms with Crippen LogP contribution in [0.5, 0.6) is 0 Å². The molecule has 1 aromatic heterocycles. The number of hydrogen-bond donors (Lipinski definition) is 2. The lowest BCUT2D eigenvalue weighted by Crippen LogP contribution is -2.40. The number of halogens is 1. The highest BCUT2D eigenvalue weighted by Crippen LogP contribution is 2.38. The van der Waals surface area contributed by atoms with Gasteiger partial charge in [0.05, 0.1) is 11.6 Å². The van der Waals surface area contributed by atoms with Crippen molar-refractivity contribution in [1.82, 2.24) is 5.32 Å². The Morgan fingerprint density at radius 3 is 2.69 bits per heavy atom. The number of benzene rings is 2. The maximum absolute atomic E-state index is 13.4. The Labute approximate surface area is 202 Å². The third-order valence-electron chi connectivity index (χ3n) is 6.07. The van der Waals surface area contributed by atoms with E-state index in [1.807, 2.05) is 6.92 Å². The number of rotatable bonds is 9. The van der Waals surface area contributed by atoms with Crippen molar-refractivity contribution in [3.63, 3.8) is 0 Å². The number of nitrogens with one attached hydrogen (secondary N) is 1. The lowest BCUT2D eigenvalue weighted by molar-refractivity contribution is -0.166. The van der Waals surface area contributed by atoms with Crippen LogP contribution < -0.4 is 10.7 Å². The fourth-order valence-electron chi connectivity index (χ4n) is 4.32. The molecule has 0 aliphatic carbocycles. The Hall–Kier alpha value is -3.49. The molecule has 1 aliphatic rings. The quantitative estimate of drug-likeness (QED) is 0.480. The van der Waals surface area contributed by atoms with Crippen LogP contribution in [0.25, 0.3) is 11.0 Å². The molecule has 2 heterocycles. The summed E-state index contributed by atoms with van der Waals surface area (Å²) in [5.74, 6) is -1.65. The molecule has 0 unspecified atom stereocenters. The molecular formula is C27H28FNO6. The highest BCUT2D eigenvalue weighted by atomic mass is 19.1. The highest BCUT2D eigenvalue weighted by Gasteiger charge is 2.39. The maximum atomic E-state index is 13.4. The Kier molecular flexibility index (Phi) is 7.94. The van der Waals surface area contributed by atoms with E-state index in [0.29, 0.717) is 36.0 Å². The summed E-state index contributed by atoms with van der Waals surface area (Å²) in [7, 11) is 0. The van der Waals surface area contributed by atoms with E-state index in [-0.39, 0.29) is 36.1 Å². The Balaban J connectivity index is 1.68. The molecule has 1 amide bonds. The minimum absolute atomic E-state index is 0.0247. The first-order valence-electron chi connectivity index (χ1n) is 11.7. The van der Waals surface area contributed by atoms with E-state index in [0.717, 1.165) is 5.56 Å². The van der Waals surface area contributed by atoms with E-state index >= 15 is 0 Å². The zero-order valence-electron chi connectivity index (χ0n) is 19.4. The highest BCUT2D eigenvalue weighted by molar-refractivity contribution is 5.91. The van der Waals surface area contributed by atoms with Crippen LogP contribution in [0.2, 0.25) is 0 Å². The first-order valence-corrected chi connectivity index (χ1v) is 11.7. The minimum Gasteiger partial charge on any atom is -0.464 e. The van der Waals surface area contributed by atoms with Gasteiger partial charge in [0.2, 0.25) is 6.29 Å². The monoisotopic (exact) mass is 481 g/mol. The van der Waals surface area contributed by atoms with Crippen LogP contribution in [-0.4, -0.2) is 30.5 Å². The number of aliphatic hydroxyl groups is 1. The Bertz CT molecular complexity index is 1250. The molecule has 1 aliphatic heterocycles. The van der Waals surface area contributed by atoms with E-state index in [1.165, 1.54) is 18.4 Å². The van der Waals surface area contributed by atoms with Crippen LogP contribution in [0.15, 0.2) is 75.8 Å². The molecule has 0 fully saturated rings. The van der Waals surface area contributed by atoms with Crippen LogP contribution in [0.4, 0.5) is 4.39 Å². The minimum atomic E-state index is -0.793. The van der Waals surface area contributed by atoms with Crippen molar-refractivity contribution >= 4 is 16.9 Å². The summed E-state index contributed by atoms with van der Waals surface area (Å²) in [6.45, 7) is 2.31. The number of allylic oxidation sites excluding steroid dienone is 1. The molecule has 8 heteroatoms. The zero-order valence-corrected chi connectivity index (χ0v) is 19.4. The van der Waals surface area contributed by atoms with E-state index in [2.05, 4.69) is 5.32 Å². The normalized spacial score (nSPS) is 19.7. The molecule has 0 bridgehead atoms. The summed E-state index contributed by atoms with van der Waals surface area (Å²) in [5, 5.41) is 12.7. The van der Waals surface area contributed by atoms with Crippen LogP contribution in [0.1, 0.15) is 36.8 Å². The fraction of sp³-hybridized carbons (Fsp3) is 0.333. The van der Waals surface area contributed by atoms with Crippen LogP contribution >= 0.6 is 0 Å². The molecule has 3 atom stereocenters. The predicted octanol–water partition coefficient (Wildman–Crippen LogP) is 4.00. The first-order chi connectivity index (χ1) is 17.0. The number of fused-ring (bicyclic) bond motifs is 1. The maximum Gasteiger partial charge on any atom is 0.286 e. The summed E-state index contributed by atoms with van der Waals surface area (Å²) in [6.07, 6.45) is 3.25. The van der Waals surface area contributed by atoms with Gasteiger partial charge in [-0.2, -0.15) is 0 Å². The molecule has 2 aromatic carbocycles.